The number of benzene rings is 2. The summed E-state index contributed by atoms with van der Waals surface area (Å²) in [6, 6.07) is 17.3. The Morgan fingerprint density at radius 3 is 2.57 bits per heavy atom. The Balaban J connectivity index is 1.83. The molecule has 2 heterocycles. The van der Waals surface area contributed by atoms with E-state index in [4.69, 9.17) is 5.73 Å². The highest BCUT2D eigenvalue weighted by Crippen LogP contribution is 2.29. The van der Waals surface area contributed by atoms with Crippen molar-refractivity contribution in [1.29, 1.82) is 0 Å². The molecule has 0 aliphatic heterocycles. The molecule has 0 unspecified atom stereocenters. The van der Waals surface area contributed by atoms with Crippen LogP contribution in [-0.4, -0.2) is 34.3 Å². The third-order valence-corrected chi connectivity index (χ3v) is 4.56. The summed E-state index contributed by atoms with van der Waals surface area (Å²) < 4.78 is 0. The van der Waals surface area contributed by atoms with Gasteiger partial charge in [0.05, 0.1) is 12.1 Å². The molecule has 2 aromatic heterocycles. The number of fused-ring (bicyclic) bond motifs is 1. The Morgan fingerprint density at radius 1 is 1.00 bits per heavy atom. The van der Waals surface area contributed by atoms with Crippen molar-refractivity contribution in [3.63, 3.8) is 0 Å². The standard InChI is InChI=1S/C22H19N5O/c1-24-22-18-11-15(14-4-2-5-16(10-14)20(28)12-23)7-8-19(18)26-21(27-22)17-6-3-9-25-13-17/h2-11,13H,12,23H2,1H3,(H,24,26,27). The van der Waals surface area contributed by atoms with Crippen LogP contribution in [0.4, 0.5) is 5.82 Å². The van der Waals surface area contributed by atoms with Crippen molar-refractivity contribution in [2.24, 2.45) is 5.73 Å². The summed E-state index contributed by atoms with van der Waals surface area (Å²) in [5.41, 5.74) is 9.71. The number of nitrogens with two attached hydrogens (primary N) is 1. The van der Waals surface area contributed by atoms with Gasteiger partial charge in [-0.15, -0.1) is 0 Å². The first-order valence-electron chi connectivity index (χ1n) is 8.93. The molecular weight excluding hydrogens is 350 g/mol. The Labute approximate surface area is 162 Å². The number of aromatic nitrogens is 3. The molecule has 0 spiro atoms. The summed E-state index contributed by atoms with van der Waals surface area (Å²) in [5.74, 6) is 1.27. The molecule has 3 N–H and O–H groups in total. The van der Waals surface area contributed by atoms with Crippen LogP contribution in [0.3, 0.4) is 0 Å². The molecule has 0 amide bonds. The monoisotopic (exact) mass is 369 g/mol. The van der Waals surface area contributed by atoms with E-state index in [1.807, 2.05) is 55.6 Å². The Hall–Kier alpha value is -3.64. The average molecular weight is 369 g/mol. The molecule has 0 radical (unpaired) electrons. The Kier molecular flexibility index (Phi) is 4.78. The summed E-state index contributed by atoms with van der Waals surface area (Å²) in [5, 5.41) is 4.06. The zero-order valence-electron chi connectivity index (χ0n) is 15.4. The van der Waals surface area contributed by atoms with E-state index >= 15 is 0 Å². The molecule has 0 atom stereocenters. The van der Waals surface area contributed by atoms with Crippen molar-refractivity contribution < 1.29 is 4.79 Å². The molecule has 138 valence electrons. The van der Waals surface area contributed by atoms with Crippen molar-refractivity contribution in [3.8, 4) is 22.5 Å². The van der Waals surface area contributed by atoms with Crippen LogP contribution >= 0.6 is 0 Å². The van der Waals surface area contributed by atoms with Gasteiger partial charge in [0.15, 0.2) is 11.6 Å². The van der Waals surface area contributed by atoms with E-state index in [0.717, 1.165) is 33.4 Å². The summed E-state index contributed by atoms with van der Waals surface area (Å²) in [6.07, 6.45) is 3.47. The highest BCUT2D eigenvalue weighted by atomic mass is 16.1. The number of hydrogen-bond acceptors (Lipinski definition) is 6. The largest absolute Gasteiger partial charge is 0.373 e. The average Bonchev–Trinajstić information content (AvgIpc) is 2.78. The van der Waals surface area contributed by atoms with Crippen molar-refractivity contribution >= 4 is 22.5 Å². The lowest BCUT2D eigenvalue weighted by Crippen LogP contribution is -2.13. The number of hydrogen-bond donors (Lipinski definition) is 2. The second kappa shape index (κ2) is 7.54. The normalized spacial score (nSPS) is 10.8. The first kappa shape index (κ1) is 17.8. The van der Waals surface area contributed by atoms with Crippen LogP contribution in [-0.2, 0) is 0 Å². The number of anilines is 1. The smallest absolute Gasteiger partial charge is 0.176 e. The van der Waals surface area contributed by atoms with Gasteiger partial charge in [0.1, 0.15) is 5.82 Å². The topological polar surface area (TPSA) is 93.8 Å². The fourth-order valence-corrected chi connectivity index (χ4v) is 3.11. The van der Waals surface area contributed by atoms with Crippen LogP contribution in [0.5, 0.6) is 0 Å². The molecule has 0 bridgehead atoms. The minimum absolute atomic E-state index is 0.00393. The molecule has 4 aromatic rings. The van der Waals surface area contributed by atoms with Gasteiger partial charge in [-0.2, -0.15) is 0 Å². The molecule has 0 fully saturated rings. The third-order valence-electron chi connectivity index (χ3n) is 4.56. The van der Waals surface area contributed by atoms with Crippen molar-refractivity contribution in [1.82, 2.24) is 15.0 Å². The summed E-state index contributed by atoms with van der Waals surface area (Å²) in [6.45, 7) is -0.00393. The number of carbonyl (C=O) groups is 1. The third kappa shape index (κ3) is 3.33. The van der Waals surface area contributed by atoms with Crippen molar-refractivity contribution in [2.45, 2.75) is 0 Å². The number of nitrogens with zero attached hydrogens (tertiary/aromatic N) is 3. The maximum atomic E-state index is 11.9. The van der Waals surface area contributed by atoms with Crippen LogP contribution in [0.25, 0.3) is 33.4 Å². The Morgan fingerprint density at radius 2 is 1.82 bits per heavy atom. The zero-order valence-corrected chi connectivity index (χ0v) is 15.4. The lowest BCUT2D eigenvalue weighted by molar-refractivity contribution is 0.100. The predicted octanol–water partition coefficient (Wildman–Crippen LogP) is 3.54. The van der Waals surface area contributed by atoms with Gasteiger partial charge in [0.2, 0.25) is 0 Å². The number of carbonyl (C=O) groups excluding carboxylic acids is 1. The number of pyridine rings is 1. The van der Waals surface area contributed by atoms with Crippen LogP contribution in [0.1, 0.15) is 10.4 Å². The number of nitrogens with one attached hydrogen (secondary N) is 1. The fraction of sp³-hybridized carbons (Fsp3) is 0.0909. The van der Waals surface area contributed by atoms with E-state index in [1.54, 1.807) is 18.5 Å². The van der Waals surface area contributed by atoms with E-state index in [0.29, 0.717) is 11.4 Å². The lowest BCUT2D eigenvalue weighted by atomic mass is 10.00. The second-order valence-electron chi connectivity index (χ2n) is 6.33. The predicted molar refractivity (Wildman–Crippen MR) is 111 cm³/mol. The number of Topliss-reactive ketones (excluding diaryl/α,β-unsaturated/α-hetero) is 1. The van der Waals surface area contributed by atoms with E-state index in [9.17, 15) is 4.79 Å². The molecule has 0 saturated carbocycles. The maximum absolute atomic E-state index is 11.9. The van der Waals surface area contributed by atoms with Gasteiger partial charge in [-0.3, -0.25) is 9.78 Å². The highest BCUT2D eigenvalue weighted by Gasteiger charge is 2.11. The van der Waals surface area contributed by atoms with Crippen molar-refractivity contribution in [3.05, 3.63) is 72.6 Å². The zero-order chi connectivity index (χ0) is 19.5. The summed E-state index contributed by atoms with van der Waals surface area (Å²) in [4.78, 5) is 25.4. The number of ketones is 1. The van der Waals surface area contributed by atoms with Crippen LogP contribution in [0, 0.1) is 0 Å². The maximum Gasteiger partial charge on any atom is 0.176 e. The van der Waals surface area contributed by atoms with E-state index < -0.39 is 0 Å². The molecule has 4 rings (SSSR count). The summed E-state index contributed by atoms with van der Waals surface area (Å²) in [7, 11) is 1.84. The van der Waals surface area contributed by atoms with Crippen LogP contribution < -0.4 is 11.1 Å². The van der Waals surface area contributed by atoms with Gasteiger partial charge in [0, 0.05) is 36.0 Å². The van der Waals surface area contributed by atoms with Gasteiger partial charge in [-0.05, 0) is 41.5 Å². The first-order chi connectivity index (χ1) is 13.7. The van der Waals surface area contributed by atoms with Crippen LogP contribution in [0.2, 0.25) is 0 Å². The molecule has 28 heavy (non-hydrogen) atoms. The SMILES string of the molecule is CNc1nc(-c2cccnc2)nc2ccc(-c3cccc(C(=O)CN)c3)cc12. The minimum Gasteiger partial charge on any atom is -0.373 e. The fourth-order valence-electron chi connectivity index (χ4n) is 3.11. The van der Waals surface area contributed by atoms with Gasteiger partial charge in [0.25, 0.3) is 0 Å². The van der Waals surface area contributed by atoms with E-state index in [1.165, 1.54) is 0 Å². The molecule has 2 aromatic carbocycles. The lowest BCUT2D eigenvalue weighted by Gasteiger charge is -2.10. The second-order valence-corrected chi connectivity index (χ2v) is 6.33. The van der Waals surface area contributed by atoms with Gasteiger partial charge < -0.3 is 11.1 Å². The molecule has 6 heteroatoms. The quantitative estimate of drug-likeness (QED) is 0.523. The molecule has 0 saturated heterocycles. The molecule has 0 aliphatic rings. The van der Waals surface area contributed by atoms with Gasteiger partial charge >= 0.3 is 0 Å². The van der Waals surface area contributed by atoms with Gasteiger partial charge in [-0.1, -0.05) is 24.3 Å². The molecule has 0 aliphatic carbocycles. The molecule has 6 nitrogen and oxygen atoms in total. The first-order valence-corrected chi connectivity index (χ1v) is 8.93. The van der Waals surface area contributed by atoms with Gasteiger partial charge in [-0.25, -0.2) is 9.97 Å². The van der Waals surface area contributed by atoms with E-state index in [2.05, 4.69) is 20.3 Å². The van der Waals surface area contributed by atoms with E-state index in [-0.39, 0.29) is 12.3 Å². The van der Waals surface area contributed by atoms with Crippen molar-refractivity contribution in [2.75, 3.05) is 18.9 Å². The highest BCUT2D eigenvalue weighted by molar-refractivity contribution is 5.99. The summed E-state index contributed by atoms with van der Waals surface area (Å²) >= 11 is 0. The Bertz CT molecular complexity index is 1160. The molecular formula is C22H19N5O. The van der Waals surface area contributed by atoms with Crippen LogP contribution in [0.15, 0.2) is 67.0 Å². The minimum atomic E-state index is -0.0806. The number of rotatable bonds is 5.